The Kier molecular flexibility index (Phi) is 5.05. The van der Waals surface area contributed by atoms with E-state index in [0.29, 0.717) is 11.9 Å². The predicted molar refractivity (Wildman–Crippen MR) is 132 cm³/mol. The Bertz CT molecular complexity index is 1580. The molecule has 164 valence electrons. The van der Waals surface area contributed by atoms with Crippen molar-refractivity contribution in [3.63, 3.8) is 0 Å². The number of benzene rings is 2. The fourth-order valence-corrected chi connectivity index (χ4v) is 4.31. The number of rotatable bonds is 5. The maximum Gasteiger partial charge on any atom is 0.283 e. The smallest absolute Gasteiger partial charge is 0.283 e. The average Bonchev–Trinajstić information content (AvgIpc) is 3.16. The van der Waals surface area contributed by atoms with Gasteiger partial charge in [0.1, 0.15) is 11.6 Å². The van der Waals surface area contributed by atoms with E-state index in [0.717, 1.165) is 50.5 Å². The highest BCUT2D eigenvalue weighted by atomic mass is 16.5. The molecule has 3 aromatic heterocycles. The minimum atomic E-state index is -0.161. The van der Waals surface area contributed by atoms with E-state index < -0.39 is 0 Å². The Hall–Kier alpha value is -4.19. The number of methoxy groups -OCH3 is 1. The van der Waals surface area contributed by atoms with E-state index in [1.807, 2.05) is 73.1 Å². The van der Waals surface area contributed by atoms with E-state index in [1.54, 1.807) is 23.9 Å². The fraction of sp³-hybridized carbons (Fsp3) is 0.148. The van der Waals surface area contributed by atoms with Gasteiger partial charge in [-0.15, -0.1) is 0 Å². The molecule has 0 N–H and O–H groups in total. The number of hydrogen-bond acceptors (Lipinski definition) is 4. The molecule has 0 aliphatic rings. The third-order valence-corrected chi connectivity index (χ3v) is 6.09. The molecule has 0 aliphatic heterocycles. The van der Waals surface area contributed by atoms with E-state index >= 15 is 0 Å². The van der Waals surface area contributed by atoms with Crippen LogP contribution in [0.2, 0.25) is 0 Å². The van der Waals surface area contributed by atoms with E-state index in [-0.39, 0.29) is 5.56 Å². The van der Waals surface area contributed by atoms with Crippen molar-refractivity contribution in [3.8, 4) is 11.4 Å². The van der Waals surface area contributed by atoms with Crippen LogP contribution in [0.1, 0.15) is 22.6 Å². The second-order valence-corrected chi connectivity index (χ2v) is 8.04. The zero-order valence-electron chi connectivity index (χ0n) is 18.9. The fourth-order valence-electron chi connectivity index (χ4n) is 4.31. The molecular formula is C27H24N4O2. The van der Waals surface area contributed by atoms with E-state index in [1.165, 1.54) is 0 Å². The highest BCUT2D eigenvalue weighted by Crippen LogP contribution is 2.28. The van der Waals surface area contributed by atoms with Crippen LogP contribution in [0, 0.1) is 6.92 Å². The number of pyridine rings is 2. The second kappa shape index (κ2) is 8.06. The minimum absolute atomic E-state index is 0.161. The summed E-state index contributed by atoms with van der Waals surface area (Å²) in [5, 5.41) is 0.953. The van der Waals surface area contributed by atoms with Gasteiger partial charge in [-0.2, -0.15) is 0 Å². The Balaban J connectivity index is 1.80. The van der Waals surface area contributed by atoms with Gasteiger partial charge in [-0.1, -0.05) is 36.9 Å². The minimum Gasteiger partial charge on any atom is -0.497 e. The van der Waals surface area contributed by atoms with Crippen LogP contribution in [0.25, 0.3) is 33.7 Å². The summed E-state index contributed by atoms with van der Waals surface area (Å²) < 4.78 is 9.01. The number of hydrogen-bond donors (Lipinski definition) is 0. The summed E-state index contributed by atoms with van der Waals surface area (Å²) in [5.74, 6) is 1.63. The van der Waals surface area contributed by atoms with Gasteiger partial charge in [-0.05, 0) is 48.4 Å². The summed E-state index contributed by atoms with van der Waals surface area (Å²) >= 11 is 0. The number of imidazole rings is 1. The number of aryl methyl sites for hydroxylation is 2. The quantitative estimate of drug-likeness (QED) is 0.396. The molecule has 0 amide bonds. The molecule has 0 spiro atoms. The molecule has 0 fully saturated rings. The van der Waals surface area contributed by atoms with Crippen LogP contribution in [0.5, 0.6) is 5.75 Å². The lowest BCUT2D eigenvalue weighted by atomic mass is 10.1. The van der Waals surface area contributed by atoms with Crippen molar-refractivity contribution in [1.29, 1.82) is 0 Å². The van der Waals surface area contributed by atoms with Crippen molar-refractivity contribution in [2.24, 2.45) is 7.05 Å². The van der Waals surface area contributed by atoms with Crippen LogP contribution >= 0.6 is 0 Å². The van der Waals surface area contributed by atoms with Crippen molar-refractivity contribution in [2.45, 2.75) is 13.3 Å². The molecule has 0 radical (unpaired) electrons. The van der Waals surface area contributed by atoms with Gasteiger partial charge in [-0.3, -0.25) is 14.3 Å². The highest BCUT2D eigenvalue weighted by Gasteiger charge is 2.20. The molecule has 2 aromatic carbocycles. The van der Waals surface area contributed by atoms with Gasteiger partial charge in [0.15, 0.2) is 5.52 Å². The first-order valence-corrected chi connectivity index (χ1v) is 10.7. The lowest BCUT2D eigenvalue weighted by Crippen LogP contribution is -2.20. The first-order chi connectivity index (χ1) is 16.0. The molecule has 3 heterocycles. The summed E-state index contributed by atoms with van der Waals surface area (Å²) in [6.07, 6.45) is 4.12. The lowest BCUT2D eigenvalue weighted by Gasteiger charge is -2.14. The van der Waals surface area contributed by atoms with Crippen molar-refractivity contribution in [2.75, 3.05) is 7.11 Å². The molecule has 0 bridgehead atoms. The number of nitrogens with zero attached hydrogens (tertiary/aromatic N) is 4. The van der Waals surface area contributed by atoms with Crippen LogP contribution in [0.4, 0.5) is 0 Å². The standard InChI is InChI=1S/C27H24N4O2/c1-5-18-10-13-21-23(15-18)31(22-7-6-14-28-17(22)2)27(32)25-26(21)30(3)24(29-25)16-19-8-11-20(33-4)12-9-19/h5-15H,1,16H2,2-4H3. The SMILES string of the molecule is C=Cc1ccc2c3c(nc(Cc4ccc(OC)cc4)n3C)c(=O)n(-c3cccnc3C)c2c1. The summed E-state index contributed by atoms with van der Waals surface area (Å²) in [4.78, 5) is 23.0. The molecule has 0 unspecified atom stereocenters. The third kappa shape index (κ3) is 3.40. The molecule has 0 saturated carbocycles. The number of aromatic nitrogens is 4. The van der Waals surface area contributed by atoms with Gasteiger partial charge in [0.2, 0.25) is 0 Å². The zero-order chi connectivity index (χ0) is 23.1. The van der Waals surface area contributed by atoms with Gasteiger partial charge in [0.05, 0.1) is 29.5 Å². The Morgan fingerprint density at radius 2 is 1.91 bits per heavy atom. The van der Waals surface area contributed by atoms with Gasteiger partial charge >= 0.3 is 0 Å². The number of fused-ring (bicyclic) bond motifs is 3. The largest absolute Gasteiger partial charge is 0.497 e. The summed E-state index contributed by atoms with van der Waals surface area (Å²) in [7, 11) is 3.62. The molecule has 6 nitrogen and oxygen atoms in total. The second-order valence-electron chi connectivity index (χ2n) is 8.04. The molecule has 5 rings (SSSR count). The van der Waals surface area contributed by atoms with Gasteiger partial charge < -0.3 is 9.30 Å². The van der Waals surface area contributed by atoms with Crippen molar-refractivity contribution >= 4 is 28.0 Å². The lowest BCUT2D eigenvalue weighted by molar-refractivity contribution is 0.414. The van der Waals surface area contributed by atoms with E-state index in [9.17, 15) is 4.79 Å². The summed E-state index contributed by atoms with van der Waals surface area (Å²) in [6.45, 7) is 5.80. The van der Waals surface area contributed by atoms with E-state index in [4.69, 9.17) is 9.72 Å². The molecule has 33 heavy (non-hydrogen) atoms. The van der Waals surface area contributed by atoms with Crippen LogP contribution < -0.4 is 10.3 Å². The molecule has 5 aromatic rings. The van der Waals surface area contributed by atoms with Crippen LogP contribution in [-0.4, -0.2) is 26.2 Å². The maximum atomic E-state index is 13.8. The zero-order valence-corrected chi connectivity index (χ0v) is 18.9. The van der Waals surface area contributed by atoms with Gasteiger partial charge in [-0.25, -0.2) is 4.98 Å². The van der Waals surface area contributed by atoms with Crippen molar-refractivity contribution in [1.82, 2.24) is 19.1 Å². The van der Waals surface area contributed by atoms with Crippen LogP contribution in [0.3, 0.4) is 0 Å². The average molecular weight is 437 g/mol. The topological polar surface area (TPSA) is 61.9 Å². The van der Waals surface area contributed by atoms with Crippen LogP contribution in [-0.2, 0) is 13.5 Å². The summed E-state index contributed by atoms with van der Waals surface area (Å²) in [6, 6.07) is 17.7. The molecule has 0 atom stereocenters. The van der Waals surface area contributed by atoms with E-state index in [2.05, 4.69) is 11.6 Å². The molecule has 0 saturated heterocycles. The maximum absolute atomic E-state index is 13.8. The van der Waals surface area contributed by atoms with Crippen molar-refractivity contribution in [3.05, 3.63) is 100 Å². The highest BCUT2D eigenvalue weighted by molar-refractivity contribution is 6.04. The number of ether oxygens (including phenoxy) is 1. The molecule has 6 heteroatoms. The molecule has 0 aliphatic carbocycles. The first-order valence-electron chi connectivity index (χ1n) is 10.7. The molecular weight excluding hydrogens is 412 g/mol. The Morgan fingerprint density at radius 1 is 1.12 bits per heavy atom. The van der Waals surface area contributed by atoms with Gasteiger partial charge in [0.25, 0.3) is 5.56 Å². The Labute approximate surface area is 191 Å². The van der Waals surface area contributed by atoms with Crippen molar-refractivity contribution < 1.29 is 4.74 Å². The first kappa shape index (κ1) is 20.7. The predicted octanol–water partition coefficient (Wildman–Crippen LogP) is 4.82. The Morgan fingerprint density at radius 3 is 2.61 bits per heavy atom. The van der Waals surface area contributed by atoms with Crippen LogP contribution in [0.15, 0.2) is 72.2 Å². The summed E-state index contributed by atoms with van der Waals surface area (Å²) in [5.41, 5.74) is 5.48. The third-order valence-electron chi connectivity index (χ3n) is 6.09. The van der Waals surface area contributed by atoms with Gasteiger partial charge in [0, 0.05) is 25.1 Å². The monoisotopic (exact) mass is 436 g/mol. The normalized spacial score (nSPS) is 11.2.